The van der Waals surface area contributed by atoms with Crippen LogP contribution in [-0.4, -0.2) is 34.6 Å². The Bertz CT molecular complexity index is 2070. The highest BCUT2D eigenvalue weighted by Crippen LogP contribution is 2.52. The number of aromatic hydroxyl groups is 1. The Hall–Kier alpha value is -4.97. The maximum Gasteiger partial charge on any atom is 0.416 e. The third-order valence-electron chi connectivity index (χ3n) is 10.3. The highest BCUT2D eigenvalue weighted by Gasteiger charge is 2.57. The van der Waals surface area contributed by atoms with Crippen molar-refractivity contribution in [1.29, 1.82) is 0 Å². The van der Waals surface area contributed by atoms with Crippen molar-refractivity contribution in [1.82, 2.24) is 4.98 Å². The second-order valence-electron chi connectivity index (χ2n) is 13.5. The van der Waals surface area contributed by atoms with Gasteiger partial charge in [-0.2, -0.15) is 26.3 Å². The number of imide groups is 1. The van der Waals surface area contributed by atoms with E-state index in [1.54, 1.807) is 12.3 Å². The van der Waals surface area contributed by atoms with E-state index >= 15 is 0 Å². The van der Waals surface area contributed by atoms with E-state index in [1.807, 2.05) is 61.5 Å². The van der Waals surface area contributed by atoms with Crippen molar-refractivity contribution in [2.45, 2.75) is 57.5 Å². The van der Waals surface area contributed by atoms with Crippen LogP contribution in [0.4, 0.5) is 32.0 Å². The average Bonchev–Trinajstić information content (AvgIpc) is 3.65. The highest BCUT2D eigenvalue weighted by molar-refractivity contribution is 6.22. The van der Waals surface area contributed by atoms with Crippen LogP contribution in [-0.2, 0) is 26.7 Å². The van der Waals surface area contributed by atoms with E-state index in [0.29, 0.717) is 41.7 Å². The van der Waals surface area contributed by atoms with Gasteiger partial charge in [0.15, 0.2) is 0 Å². The number of anilines is 1. The lowest BCUT2D eigenvalue weighted by molar-refractivity contribution is -0.143. The van der Waals surface area contributed by atoms with Gasteiger partial charge in [0.25, 0.3) is 0 Å². The van der Waals surface area contributed by atoms with Gasteiger partial charge in [-0.25, -0.2) is 4.90 Å². The van der Waals surface area contributed by atoms with Crippen molar-refractivity contribution in [3.8, 4) is 5.75 Å². The van der Waals surface area contributed by atoms with Gasteiger partial charge in [0.1, 0.15) is 5.75 Å². The number of fused-ring (bicyclic) bond motifs is 4. The molecule has 7 rings (SSSR count). The van der Waals surface area contributed by atoms with Gasteiger partial charge in [0, 0.05) is 17.5 Å². The van der Waals surface area contributed by atoms with Crippen LogP contribution in [0.3, 0.4) is 0 Å². The zero-order valence-corrected chi connectivity index (χ0v) is 28.0. The van der Waals surface area contributed by atoms with E-state index in [4.69, 9.17) is 4.74 Å². The average molecular weight is 721 g/mol. The number of phenolic OH excluding ortho intramolecular Hbond substituents is 1. The third-order valence-corrected chi connectivity index (χ3v) is 10.3. The Labute approximate surface area is 295 Å². The number of nitrogens with zero attached hydrogens (tertiary/aromatic N) is 2. The maximum absolute atomic E-state index is 14.0. The molecule has 1 N–H and O–H groups in total. The molecule has 4 aromatic rings. The molecule has 2 saturated heterocycles. The molecule has 12 heteroatoms. The standard InChI is InChI=1S/C40H34F6N2O4/c1-2-7-24-17-30-36(38(51)48(37(30)50)27-19-25(39(41,42)43)18-26(20-27)40(44,45)46)31-21-52-34(35(24)31)14-12-23(32-10-5-6-15-47-32)16-22-11-13-33(49)29-9-4-3-8-28(22)29/h3-6,8-11,13,15-16,18-20,30-31,34,36,49H,2,7,12,14,17,21H2,1H3/b23-16-/t30-,31+,34-,36-/m1/s1. The molecular formula is C40H34F6N2O4. The van der Waals surface area contributed by atoms with Crippen molar-refractivity contribution < 1.29 is 45.8 Å². The summed E-state index contributed by atoms with van der Waals surface area (Å²) in [6.07, 6.45) is -4.51. The number of phenols is 1. The molecule has 2 fully saturated rings. The van der Waals surface area contributed by atoms with E-state index < -0.39 is 64.8 Å². The lowest BCUT2D eigenvalue weighted by atomic mass is 9.68. The number of carbonyl (C=O) groups excluding carboxylic acids is 2. The first-order valence-corrected chi connectivity index (χ1v) is 17.1. The molecule has 3 aromatic carbocycles. The molecule has 6 nitrogen and oxygen atoms in total. The molecule has 2 aliphatic heterocycles. The smallest absolute Gasteiger partial charge is 0.416 e. The van der Waals surface area contributed by atoms with Crippen molar-refractivity contribution in [3.63, 3.8) is 0 Å². The van der Waals surface area contributed by atoms with Crippen LogP contribution in [0, 0.1) is 17.8 Å². The Kier molecular flexibility index (Phi) is 9.23. The number of halogens is 6. The topological polar surface area (TPSA) is 79.7 Å². The number of amides is 2. The molecule has 0 bridgehead atoms. The van der Waals surface area contributed by atoms with E-state index in [-0.39, 0.29) is 24.8 Å². The lowest BCUT2D eigenvalue weighted by Crippen LogP contribution is -2.34. The van der Waals surface area contributed by atoms with Crippen LogP contribution in [0.15, 0.2) is 90.1 Å². The van der Waals surface area contributed by atoms with E-state index in [9.17, 15) is 41.0 Å². The summed E-state index contributed by atoms with van der Waals surface area (Å²) in [4.78, 5) is 32.9. The molecule has 0 spiro atoms. The molecule has 2 amide bonds. The predicted octanol–water partition coefficient (Wildman–Crippen LogP) is 9.62. The first-order valence-electron chi connectivity index (χ1n) is 17.1. The van der Waals surface area contributed by atoms with Gasteiger partial charge < -0.3 is 9.84 Å². The van der Waals surface area contributed by atoms with Gasteiger partial charge in [-0.1, -0.05) is 55.3 Å². The van der Waals surface area contributed by atoms with Gasteiger partial charge >= 0.3 is 12.4 Å². The first kappa shape index (κ1) is 35.4. The number of rotatable bonds is 8. The van der Waals surface area contributed by atoms with Crippen LogP contribution in [0.1, 0.15) is 61.4 Å². The number of benzene rings is 3. The molecular weight excluding hydrogens is 686 g/mol. The number of carbonyl (C=O) groups is 2. The minimum Gasteiger partial charge on any atom is -0.507 e. The molecule has 1 aromatic heterocycles. The fraction of sp³-hybridized carbons (Fsp3) is 0.325. The summed E-state index contributed by atoms with van der Waals surface area (Å²) in [6.45, 7) is 2.06. The maximum atomic E-state index is 14.0. The van der Waals surface area contributed by atoms with Crippen LogP contribution in [0.25, 0.3) is 22.4 Å². The summed E-state index contributed by atoms with van der Waals surface area (Å²) in [5, 5.41) is 12.0. The first-order chi connectivity index (χ1) is 24.8. The summed E-state index contributed by atoms with van der Waals surface area (Å²) in [7, 11) is 0. The largest absolute Gasteiger partial charge is 0.507 e. The fourth-order valence-electron chi connectivity index (χ4n) is 8.07. The molecule has 52 heavy (non-hydrogen) atoms. The Morgan fingerprint density at radius 2 is 1.60 bits per heavy atom. The van der Waals surface area contributed by atoms with Crippen LogP contribution >= 0.6 is 0 Å². The summed E-state index contributed by atoms with van der Waals surface area (Å²) in [5.74, 6) is -3.93. The van der Waals surface area contributed by atoms with Crippen molar-refractivity contribution in [2.75, 3.05) is 11.5 Å². The number of allylic oxidation sites excluding steroid dienone is 2. The molecule has 0 unspecified atom stereocenters. The minimum absolute atomic E-state index is 0.0200. The second-order valence-corrected chi connectivity index (χ2v) is 13.5. The fourth-order valence-corrected chi connectivity index (χ4v) is 8.07. The van der Waals surface area contributed by atoms with E-state index in [1.165, 1.54) is 0 Å². The molecule has 4 atom stereocenters. The number of alkyl halides is 6. The van der Waals surface area contributed by atoms with Gasteiger partial charge in [-0.3, -0.25) is 14.6 Å². The molecule has 270 valence electrons. The van der Waals surface area contributed by atoms with Gasteiger partial charge in [0.2, 0.25) is 11.8 Å². The SMILES string of the molecule is CCCC1=C2[C@@H](CC/C(=C/c3ccc(O)c4ccccc34)c3ccccn3)OC[C@@H]2[C@@H]2C(=O)N(c3cc(C(F)(F)F)cc(C(F)(F)F)c3)C(=O)[C@@H]2C1. The van der Waals surface area contributed by atoms with Crippen molar-refractivity contribution in [3.05, 3.63) is 113 Å². The van der Waals surface area contributed by atoms with Gasteiger partial charge in [-0.15, -0.1) is 0 Å². The number of hydrogen-bond donors (Lipinski definition) is 1. The van der Waals surface area contributed by atoms with Crippen LogP contribution in [0.5, 0.6) is 5.75 Å². The van der Waals surface area contributed by atoms with E-state index in [0.717, 1.165) is 39.8 Å². The Morgan fingerprint density at radius 1 is 0.904 bits per heavy atom. The number of hydrogen-bond acceptors (Lipinski definition) is 5. The third kappa shape index (κ3) is 6.48. The zero-order valence-electron chi connectivity index (χ0n) is 28.0. The van der Waals surface area contributed by atoms with Gasteiger partial charge in [0.05, 0.1) is 47.1 Å². The number of ether oxygens (including phenoxy) is 1. The number of pyridine rings is 1. The van der Waals surface area contributed by atoms with Crippen molar-refractivity contribution in [2.24, 2.45) is 17.8 Å². The molecule has 3 heterocycles. The highest BCUT2D eigenvalue weighted by atomic mass is 19.4. The lowest BCUT2D eigenvalue weighted by Gasteiger charge is -2.32. The Balaban J connectivity index is 1.21. The second kappa shape index (κ2) is 13.5. The van der Waals surface area contributed by atoms with Crippen molar-refractivity contribution >= 4 is 39.9 Å². The monoisotopic (exact) mass is 720 g/mol. The summed E-state index contributed by atoms with van der Waals surface area (Å²) in [5.41, 5.74) is 0.412. The zero-order chi connectivity index (χ0) is 36.9. The normalized spacial score (nSPS) is 22.4. The Morgan fingerprint density at radius 3 is 2.25 bits per heavy atom. The van der Waals surface area contributed by atoms with Gasteiger partial charge in [-0.05, 0) is 90.3 Å². The molecule has 0 radical (unpaired) electrons. The number of aromatic nitrogens is 1. The minimum atomic E-state index is -5.14. The molecule has 1 aliphatic carbocycles. The summed E-state index contributed by atoms with van der Waals surface area (Å²) >= 11 is 0. The quantitative estimate of drug-likeness (QED) is 0.111. The predicted molar refractivity (Wildman–Crippen MR) is 183 cm³/mol. The van der Waals surface area contributed by atoms with Crippen LogP contribution < -0.4 is 4.90 Å². The van der Waals surface area contributed by atoms with Crippen LogP contribution in [0.2, 0.25) is 0 Å². The van der Waals surface area contributed by atoms with E-state index in [2.05, 4.69) is 4.98 Å². The summed E-state index contributed by atoms with van der Waals surface area (Å²) in [6, 6.07) is 17.4. The molecule has 3 aliphatic rings. The summed E-state index contributed by atoms with van der Waals surface area (Å²) < 4.78 is 88.6. The molecule has 0 saturated carbocycles.